The van der Waals surface area contributed by atoms with Crippen molar-refractivity contribution in [2.24, 2.45) is 0 Å². The molecule has 3 rings (SSSR count). The number of rotatable bonds is 4. The lowest BCUT2D eigenvalue weighted by Gasteiger charge is -2.04. The van der Waals surface area contributed by atoms with Gasteiger partial charge >= 0.3 is 0 Å². The summed E-state index contributed by atoms with van der Waals surface area (Å²) in [5.41, 5.74) is 1.95. The van der Waals surface area contributed by atoms with Gasteiger partial charge in [0.25, 0.3) is 0 Å². The Bertz CT molecular complexity index is 735. The summed E-state index contributed by atoms with van der Waals surface area (Å²) in [6.07, 6.45) is 5.25. The van der Waals surface area contributed by atoms with Gasteiger partial charge in [0.2, 0.25) is 0 Å². The maximum absolute atomic E-state index is 4.67. The Hall–Kier alpha value is -2.76. The van der Waals surface area contributed by atoms with Gasteiger partial charge in [-0.25, -0.2) is 14.6 Å². The van der Waals surface area contributed by atoms with Crippen molar-refractivity contribution in [3.8, 4) is 22.8 Å². The summed E-state index contributed by atoms with van der Waals surface area (Å²) in [6, 6.07) is 7.72. The van der Waals surface area contributed by atoms with Gasteiger partial charge in [0.1, 0.15) is 5.82 Å². The normalized spacial score (nSPS) is 10.6. The second-order valence-corrected chi connectivity index (χ2v) is 4.49. The molecule has 0 bridgehead atoms. The van der Waals surface area contributed by atoms with Gasteiger partial charge in [0, 0.05) is 43.3 Å². The molecule has 0 aliphatic rings. The van der Waals surface area contributed by atoms with Gasteiger partial charge in [-0.2, -0.15) is 5.10 Å². The van der Waals surface area contributed by atoms with Crippen LogP contribution < -0.4 is 5.32 Å². The predicted octanol–water partition coefficient (Wildman–Crippen LogP) is 2.46. The van der Waals surface area contributed by atoms with Crippen LogP contribution in [0.1, 0.15) is 6.92 Å². The SMILES string of the molecule is CCn1nc(-c2ccncc2)nc1-c1ccnc(NC)c1. The molecule has 0 saturated heterocycles. The molecule has 0 radical (unpaired) electrons. The third kappa shape index (κ3) is 2.60. The summed E-state index contributed by atoms with van der Waals surface area (Å²) >= 11 is 0. The fourth-order valence-electron chi connectivity index (χ4n) is 2.11. The fourth-order valence-corrected chi connectivity index (χ4v) is 2.11. The van der Waals surface area contributed by atoms with E-state index in [0.717, 1.165) is 29.3 Å². The molecule has 0 aromatic carbocycles. The lowest BCUT2D eigenvalue weighted by atomic mass is 10.2. The first-order valence-electron chi connectivity index (χ1n) is 6.81. The van der Waals surface area contributed by atoms with E-state index in [9.17, 15) is 0 Å². The molecule has 0 saturated carbocycles. The van der Waals surface area contributed by atoms with Crippen LogP contribution in [0, 0.1) is 0 Å². The monoisotopic (exact) mass is 280 g/mol. The average molecular weight is 280 g/mol. The van der Waals surface area contributed by atoms with Gasteiger partial charge < -0.3 is 5.32 Å². The van der Waals surface area contributed by atoms with Crippen LogP contribution in [-0.4, -0.2) is 31.8 Å². The molecule has 0 aliphatic heterocycles. The zero-order chi connectivity index (χ0) is 14.7. The number of pyridine rings is 2. The predicted molar refractivity (Wildman–Crippen MR) is 81.7 cm³/mol. The quantitative estimate of drug-likeness (QED) is 0.795. The van der Waals surface area contributed by atoms with Gasteiger partial charge in [0.15, 0.2) is 11.6 Å². The molecule has 3 aromatic heterocycles. The third-order valence-electron chi connectivity index (χ3n) is 3.18. The zero-order valence-corrected chi connectivity index (χ0v) is 12.0. The molecule has 0 aliphatic carbocycles. The number of hydrogen-bond acceptors (Lipinski definition) is 5. The summed E-state index contributed by atoms with van der Waals surface area (Å²) in [7, 11) is 1.85. The van der Waals surface area contributed by atoms with Gasteiger partial charge in [-0.05, 0) is 31.2 Å². The minimum atomic E-state index is 0.706. The number of nitrogens with one attached hydrogen (secondary N) is 1. The van der Waals surface area contributed by atoms with Crippen LogP contribution in [-0.2, 0) is 6.54 Å². The van der Waals surface area contributed by atoms with Crippen molar-refractivity contribution in [2.45, 2.75) is 13.5 Å². The summed E-state index contributed by atoms with van der Waals surface area (Å²) in [4.78, 5) is 12.9. The third-order valence-corrected chi connectivity index (χ3v) is 3.18. The molecule has 0 amide bonds. The first-order valence-corrected chi connectivity index (χ1v) is 6.81. The van der Waals surface area contributed by atoms with Crippen LogP contribution in [0.3, 0.4) is 0 Å². The van der Waals surface area contributed by atoms with Crippen LogP contribution in [0.5, 0.6) is 0 Å². The Morgan fingerprint density at radius 2 is 1.86 bits per heavy atom. The Morgan fingerprint density at radius 1 is 1.10 bits per heavy atom. The molecule has 6 heteroatoms. The highest BCUT2D eigenvalue weighted by molar-refractivity contribution is 5.63. The van der Waals surface area contributed by atoms with Crippen LogP contribution in [0.2, 0.25) is 0 Å². The van der Waals surface area contributed by atoms with E-state index in [-0.39, 0.29) is 0 Å². The van der Waals surface area contributed by atoms with Crippen molar-refractivity contribution < 1.29 is 0 Å². The molecule has 106 valence electrons. The summed E-state index contributed by atoms with van der Waals surface area (Å²) in [6.45, 7) is 2.80. The fraction of sp³-hybridized carbons (Fsp3) is 0.200. The van der Waals surface area contributed by atoms with Crippen molar-refractivity contribution in [1.29, 1.82) is 0 Å². The minimum absolute atomic E-state index is 0.706. The van der Waals surface area contributed by atoms with Crippen molar-refractivity contribution in [1.82, 2.24) is 24.7 Å². The second-order valence-electron chi connectivity index (χ2n) is 4.49. The Morgan fingerprint density at radius 3 is 2.57 bits per heavy atom. The highest BCUT2D eigenvalue weighted by Crippen LogP contribution is 2.23. The molecule has 0 atom stereocenters. The van der Waals surface area contributed by atoms with E-state index in [4.69, 9.17) is 0 Å². The molecule has 1 N–H and O–H groups in total. The molecule has 3 heterocycles. The molecule has 3 aromatic rings. The maximum Gasteiger partial charge on any atom is 0.181 e. The minimum Gasteiger partial charge on any atom is -0.373 e. The van der Waals surface area contributed by atoms with Crippen molar-refractivity contribution >= 4 is 5.82 Å². The Balaban J connectivity index is 2.08. The van der Waals surface area contributed by atoms with Gasteiger partial charge in [-0.1, -0.05) is 0 Å². The number of aryl methyl sites for hydroxylation is 1. The van der Waals surface area contributed by atoms with E-state index in [0.29, 0.717) is 5.82 Å². The van der Waals surface area contributed by atoms with Crippen LogP contribution in [0.25, 0.3) is 22.8 Å². The number of aromatic nitrogens is 5. The topological polar surface area (TPSA) is 68.5 Å². The summed E-state index contributed by atoms with van der Waals surface area (Å²) < 4.78 is 1.89. The van der Waals surface area contributed by atoms with Gasteiger partial charge in [0.05, 0.1) is 0 Å². The standard InChI is InChI=1S/C15H16N6/c1-3-21-15(12-6-9-18-13(10-12)16-2)19-14(20-21)11-4-7-17-8-5-11/h4-10H,3H2,1-2H3,(H,16,18). The lowest BCUT2D eigenvalue weighted by molar-refractivity contribution is 0.668. The summed E-state index contributed by atoms with van der Waals surface area (Å²) in [5.74, 6) is 2.35. The van der Waals surface area contributed by atoms with Crippen molar-refractivity contribution in [3.05, 3.63) is 42.9 Å². The number of nitrogens with zero attached hydrogens (tertiary/aromatic N) is 5. The van der Waals surface area contributed by atoms with Gasteiger partial charge in [-0.15, -0.1) is 0 Å². The van der Waals surface area contributed by atoms with E-state index in [1.54, 1.807) is 18.6 Å². The smallest absolute Gasteiger partial charge is 0.181 e. The lowest BCUT2D eigenvalue weighted by Crippen LogP contribution is -2.00. The van der Waals surface area contributed by atoms with Gasteiger partial charge in [-0.3, -0.25) is 4.98 Å². The average Bonchev–Trinajstić information content (AvgIpc) is 3.00. The molecule has 0 spiro atoms. The largest absolute Gasteiger partial charge is 0.373 e. The van der Waals surface area contributed by atoms with E-state index < -0.39 is 0 Å². The van der Waals surface area contributed by atoms with Crippen molar-refractivity contribution in [2.75, 3.05) is 12.4 Å². The highest BCUT2D eigenvalue weighted by atomic mass is 15.3. The van der Waals surface area contributed by atoms with E-state index in [1.807, 2.05) is 36.0 Å². The first-order chi connectivity index (χ1) is 10.3. The Labute approximate surface area is 122 Å². The summed E-state index contributed by atoms with van der Waals surface area (Å²) in [5, 5.41) is 7.60. The molecular weight excluding hydrogens is 264 g/mol. The maximum atomic E-state index is 4.67. The van der Waals surface area contributed by atoms with E-state index in [2.05, 4.69) is 32.3 Å². The highest BCUT2D eigenvalue weighted by Gasteiger charge is 2.12. The molecule has 0 fully saturated rings. The van der Waals surface area contributed by atoms with Crippen LogP contribution in [0.4, 0.5) is 5.82 Å². The zero-order valence-electron chi connectivity index (χ0n) is 12.0. The number of anilines is 1. The van der Waals surface area contributed by atoms with Crippen LogP contribution in [0.15, 0.2) is 42.9 Å². The second kappa shape index (κ2) is 5.70. The molecule has 0 unspecified atom stereocenters. The van der Waals surface area contributed by atoms with Crippen molar-refractivity contribution in [3.63, 3.8) is 0 Å². The first kappa shape index (κ1) is 13.2. The molecular formula is C15H16N6. The number of hydrogen-bond donors (Lipinski definition) is 1. The molecule has 6 nitrogen and oxygen atoms in total. The van der Waals surface area contributed by atoms with E-state index >= 15 is 0 Å². The Kier molecular flexibility index (Phi) is 3.59. The van der Waals surface area contributed by atoms with E-state index in [1.165, 1.54) is 0 Å². The molecule has 21 heavy (non-hydrogen) atoms. The van der Waals surface area contributed by atoms with Crippen LogP contribution >= 0.6 is 0 Å².